The molecule has 2 fully saturated rings. The number of nitrogens with zero attached hydrogens (tertiary/aromatic N) is 1. The third kappa shape index (κ3) is 1.16. The van der Waals surface area contributed by atoms with Gasteiger partial charge in [0.25, 0.3) is 0 Å². The van der Waals surface area contributed by atoms with Gasteiger partial charge in [0.15, 0.2) is 0 Å². The van der Waals surface area contributed by atoms with Gasteiger partial charge in [-0.3, -0.25) is 0 Å². The molecule has 1 unspecified atom stereocenters. The van der Waals surface area contributed by atoms with Crippen LogP contribution in [0.2, 0.25) is 0 Å². The molecule has 64 valence electrons. The van der Waals surface area contributed by atoms with Gasteiger partial charge in [0, 0.05) is 19.5 Å². The fourth-order valence-corrected chi connectivity index (χ4v) is 2.22. The molecule has 2 aliphatic rings. The molecular weight excluding hydrogens is 145 g/mol. The molecule has 0 aromatic rings. The van der Waals surface area contributed by atoms with E-state index in [2.05, 4.69) is 4.90 Å². The molecule has 0 aromatic carbocycles. The topological polar surface area (TPSA) is 12.5 Å². The first-order valence-electron chi connectivity index (χ1n) is 4.03. The second-order valence-electron chi connectivity index (χ2n) is 4.23. The first-order chi connectivity index (χ1) is 5.02. The molecule has 0 N–H and O–H groups in total. The van der Waals surface area contributed by atoms with Crippen LogP contribution in [0.4, 0.5) is 4.39 Å². The lowest BCUT2D eigenvalue weighted by molar-refractivity contribution is -0.101. The Labute approximate surface area is 66.3 Å². The van der Waals surface area contributed by atoms with Crippen LogP contribution < -0.4 is 0 Å². The number of rotatable bonds is 0. The zero-order valence-corrected chi connectivity index (χ0v) is 7.06. The van der Waals surface area contributed by atoms with E-state index < -0.39 is 5.67 Å². The van der Waals surface area contributed by atoms with Crippen LogP contribution >= 0.6 is 0 Å². The van der Waals surface area contributed by atoms with Crippen LogP contribution in [0.1, 0.15) is 13.3 Å². The quantitative estimate of drug-likeness (QED) is 0.519. The van der Waals surface area contributed by atoms with Gasteiger partial charge >= 0.3 is 0 Å². The summed E-state index contributed by atoms with van der Waals surface area (Å²) >= 11 is 0. The molecule has 1 spiro atoms. The molecule has 0 bridgehead atoms. The Bertz CT molecular complexity index is 175. The lowest BCUT2D eigenvalue weighted by Crippen LogP contribution is -2.59. The van der Waals surface area contributed by atoms with E-state index in [-0.39, 0.29) is 12.2 Å². The molecule has 1 atom stereocenters. The lowest BCUT2D eigenvalue weighted by Gasteiger charge is -2.45. The maximum absolute atomic E-state index is 13.3. The lowest BCUT2D eigenvalue weighted by atomic mass is 9.87. The highest BCUT2D eigenvalue weighted by molar-refractivity contribution is 5.04. The van der Waals surface area contributed by atoms with Crippen LogP contribution in [0.15, 0.2) is 0 Å². The Morgan fingerprint density at radius 3 is 2.45 bits per heavy atom. The van der Waals surface area contributed by atoms with E-state index in [4.69, 9.17) is 4.74 Å². The van der Waals surface area contributed by atoms with Crippen LogP contribution in [-0.2, 0) is 4.74 Å². The van der Waals surface area contributed by atoms with Gasteiger partial charge in [0.2, 0.25) is 0 Å². The Morgan fingerprint density at radius 2 is 2.09 bits per heavy atom. The van der Waals surface area contributed by atoms with Crippen molar-refractivity contribution in [3.63, 3.8) is 0 Å². The molecule has 11 heavy (non-hydrogen) atoms. The van der Waals surface area contributed by atoms with Gasteiger partial charge in [0.1, 0.15) is 5.67 Å². The van der Waals surface area contributed by atoms with E-state index in [1.165, 1.54) is 0 Å². The van der Waals surface area contributed by atoms with Crippen LogP contribution in [-0.4, -0.2) is 42.9 Å². The van der Waals surface area contributed by atoms with Gasteiger partial charge in [-0.15, -0.1) is 0 Å². The summed E-state index contributed by atoms with van der Waals surface area (Å²) in [5.74, 6) is 0. The zero-order valence-electron chi connectivity index (χ0n) is 7.06. The standard InChI is InChI=1S/C8H14FNO/c1-7(9)3-8(11-6-7)4-10(2)5-8/h3-6H2,1-2H3. The SMILES string of the molecule is CN1CC2(C1)CC(C)(F)CO2. The van der Waals surface area contributed by atoms with Crippen molar-refractivity contribution in [3.8, 4) is 0 Å². The highest BCUT2D eigenvalue weighted by Crippen LogP contribution is 2.40. The number of alkyl halides is 1. The van der Waals surface area contributed by atoms with Crippen LogP contribution in [0.25, 0.3) is 0 Å². The predicted octanol–water partition coefficient (Wildman–Crippen LogP) is 0.819. The molecule has 0 aromatic heterocycles. The maximum Gasteiger partial charge on any atom is 0.134 e. The van der Waals surface area contributed by atoms with Crippen molar-refractivity contribution in [1.29, 1.82) is 0 Å². The summed E-state index contributed by atoms with van der Waals surface area (Å²) in [6.07, 6.45) is 0.574. The fourth-order valence-electron chi connectivity index (χ4n) is 2.22. The minimum absolute atomic E-state index is 0.127. The summed E-state index contributed by atoms with van der Waals surface area (Å²) in [5, 5.41) is 0. The Hall–Kier alpha value is -0.150. The monoisotopic (exact) mass is 159 g/mol. The van der Waals surface area contributed by atoms with Crippen molar-refractivity contribution >= 4 is 0 Å². The number of halogens is 1. The van der Waals surface area contributed by atoms with Gasteiger partial charge in [-0.1, -0.05) is 0 Å². The molecular formula is C8H14FNO. The average molecular weight is 159 g/mol. The first-order valence-corrected chi connectivity index (χ1v) is 4.03. The van der Waals surface area contributed by atoms with Gasteiger partial charge in [-0.05, 0) is 14.0 Å². The number of likely N-dealkylation sites (N-methyl/N-ethyl adjacent to an activating group) is 1. The Morgan fingerprint density at radius 1 is 1.45 bits per heavy atom. The smallest absolute Gasteiger partial charge is 0.134 e. The van der Waals surface area contributed by atoms with Crippen molar-refractivity contribution in [2.75, 3.05) is 26.7 Å². The molecule has 0 amide bonds. The highest BCUT2D eigenvalue weighted by atomic mass is 19.1. The summed E-state index contributed by atoms with van der Waals surface area (Å²) in [5.41, 5.74) is -1.21. The van der Waals surface area contributed by atoms with Crippen molar-refractivity contribution < 1.29 is 9.13 Å². The van der Waals surface area contributed by atoms with E-state index in [1.54, 1.807) is 6.92 Å². The number of likely N-dealkylation sites (tertiary alicyclic amines) is 1. The van der Waals surface area contributed by atoms with Crippen LogP contribution in [0.5, 0.6) is 0 Å². The Kier molecular flexibility index (Phi) is 1.33. The number of hydrogen-bond donors (Lipinski definition) is 0. The number of hydrogen-bond acceptors (Lipinski definition) is 2. The Balaban J connectivity index is 2.00. The second-order valence-corrected chi connectivity index (χ2v) is 4.23. The molecule has 0 aliphatic carbocycles. The first kappa shape index (κ1) is 7.50. The van der Waals surface area contributed by atoms with Gasteiger partial charge < -0.3 is 9.64 Å². The van der Waals surface area contributed by atoms with Crippen molar-refractivity contribution in [3.05, 3.63) is 0 Å². The van der Waals surface area contributed by atoms with E-state index >= 15 is 0 Å². The summed E-state index contributed by atoms with van der Waals surface area (Å²) in [4.78, 5) is 2.15. The molecule has 2 aliphatic heterocycles. The van der Waals surface area contributed by atoms with Crippen molar-refractivity contribution in [2.24, 2.45) is 0 Å². The predicted molar refractivity (Wildman–Crippen MR) is 40.3 cm³/mol. The molecule has 2 heterocycles. The maximum atomic E-state index is 13.3. The van der Waals surface area contributed by atoms with E-state index in [0.717, 1.165) is 13.1 Å². The summed E-state index contributed by atoms with van der Waals surface area (Å²) in [6, 6.07) is 0. The molecule has 2 rings (SSSR count). The van der Waals surface area contributed by atoms with E-state index in [0.29, 0.717) is 6.42 Å². The second kappa shape index (κ2) is 1.96. The van der Waals surface area contributed by atoms with Crippen LogP contribution in [0, 0.1) is 0 Å². The molecule has 2 saturated heterocycles. The summed E-state index contributed by atoms with van der Waals surface area (Å²) in [7, 11) is 2.03. The van der Waals surface area contributed by atoms with Crippen LogP contribution in [0.3, 0.4) is 0 Å². The normalized spacial score (nSPS) is 42.8. The van der Waals surface area contributed by atoms with Gasteiger partial charge in [-0.25, -0.2) is 4.39 Å². The van der Waals surface area contributed by atoms with Crippen molar-refractivity contribution in [2.45, 2.75) is 24.6 Å². The molecule has 2 nitrogen and oxygen atoms in total. The minimum Gasteiger partial charge on any atom is -0.369 e. The third-order valence-corrected chi connectivity index (χ3v) is 2.49. The largest absolute Gasteiger partial charge is 0.369 e. The minimum atomic E-state index is -1.08. The average Bonchev–Trinajstić information content (AvgIpc) is 2.05. The van der Waals surface area contributed by atoms with Gasteiger partial charge in [-0.2, -0.15) is 0 Å². The van der Waals surface area contributed by atoms with Crippen molar-refractivity contribution in [1.82, 2.24) is 4.90 Å². The third-order valence-electron chi connectivity index (χ3n) is 2.49. The summed E-state index contributed by atoms with van der Waals surface area (Å²) in [6.45, 7) is 3.69. The van der Waals surface area contributed by atoms with E-state index in [1.807, 2.05) is 7.05 Å². The fraction of sp³-hybridized carbons (Fsp3) is 1.00. The highest BCUT2D eigenvalue weighted by Gasteiger charge is 2.53. The molecule has 3 heteroatoms. The van der Waals surface area contributed by atoms with E-state index in [9.17, 15) is 4.39 Å². The summed E-state index contributed by atoms with van der Waals surface area (Å²) < 4.78 is 18.8. The molecule has 0 saturated carbocycles. The van der Waals surface area contributed by atoms with Gasteiger partial charge in [0.05, 0.1) is 12.2 Å². The molecule has 0 radical (unpaired) electrons. The number of ether oxygens (including phenoxy) is 1. The zero-order chi connectivity index (χ0) is 8.11.